The van der Waals surface area contributed by atoms with Gasteiger partial charge in [0.05, 0.1) is 4.90 Å². The summed E-state index contributed by atoms with van der Waals surface area (Å²) in [5, 5.41) is 0.419. The van der Waals surface area contributed by atoms with E-state index in [1.54, 1.807) is 36.7 Å². The second-order valence-electron chi connectivity index (χ2n) is 2.70. The van der Waals surface area contributed by atoms with Crippen molar-refractivity contribution in [1.29, 1.82) is 0 Å². The lowest BCUT2D eigenvalue weighted by molar-refractivity contribution is 0.678. The molecule has 1 aromatic carbocycles. The average molecular weight is 207 g/mol. The number of aromatic nitrogens is 2. The number of anilines is 1. The van der Waals surface area contributed by atoms with Gasteiger partial charge < -0.3 is 10.7 Å². The third-order valence-corrected chi connectivity index (χ3v) is 3.11. The Kier molecular flexibility index (Phi) is 2.32. The lowest BCUT2D eigenvalue weighted by Gasteiger charge is -2.01. The minimum Gasteiger partial charge on any atom is -0.398 e. The third-order valence-electron chi connectivity index (χ3n) is 1.77. The Hall–Kier alpha value is -1.62. The molecule has 14 heavy (non-hydrogen) atoms. The van der Waals surface area contributed by atoms with Crippen LogP contribution in [0.25, 0.3) is 0 Å². The largest absolute Gasteiger partial charge is 0.398 e. The van der Waals surface area contributed by atoms with Gasteiger partial charge in [-0.25, -0.2) is 9.19 Å². The van der Waals surface area contributed by atoms with Crippen molar-refractivity contribution >= 4 is 16.5 Å². The molecule has 5 heteroatoms. The Morgan fingerprint density at radius 1 is 1.36 bits per heavy atom. The van der Waals surface area contributed by atoms with Gasteiger partial charge >= 0.3 is 0 Å². The Balaban J connectivity index is 2.42. The van der Waals surface area contributed by atoms with E-state index in [1.165, 1.54) is 0 Å². The van der Waals surface area contributed by atoms with Crippen LogP contribution in [0.15, 0.2) is 46.7 Å². The number of nitrogens with two attached hydrogens (primary N) is 1. The van der Waals surface area contributed by atoms with E-state index in [0.29, 0.717) is 15.7 Å². The normalized spacial score (nSPS) is 12.6. The quantitative estimate of drug-likeness (QED) is 0.726. The topological polar surface area (TPSA) is 71.8 Å². The van der Waals surface area contributed by atoms with E-state index in [2.05, 4.69) is 9.97 Å². The van der Waals surface area contributed by atoms with E-state index < -0.39 is 10.8 Å². The van der Waals surface area contributed by atoms with Crippen LogP contribution in [0.3, 0.4) is 0 Å². The molecule has 1 unspecified atom stereocenters. The van der Waals surface area contributed by atoms with Gasteiger partial charge in [0.1, 0.15) is 10.8 Å². The number of hydrogen-bond acceptors (Lipinski definition) is 3. The van der Waals surface area contributed by atoms with Crippen molar-refractivity contribution in [3.8, 4) is 0 Å². The molecule has 72 valence electrons. The second-order valence-corrected chi connectivity index (χ2v) is 4.06. The highest BCUT2D eigenvalue weighted by molar-refractivity contribution is 7.85. The molecule has 3 N–H and O–H groups in total. The van der Waals surface area contributed by atoms with Gasteiger partial charge in [-0.3, -0.25) is 0 Å². The summed E-state index contributed by atoms with van der Waals surface area (Å²) >= 11 is 0. The molecule has 0 saturated carbocycles. The minimum atomic E-state index is -1.32. The standard InChI is InChI=1S/C9H9N3OS/c10-7-3-1-2-4-8(7)14(13)9-11-5-6-12-9/h1-6H,10H2,(H,11,12). The van der Waals surface area contributed by atoms with Crippen LogP contribution in [0.1, 0.15) is 0 Å². The van der Waals surface area contributed by atoms with Crippen molar-refractivity contribution in [3.63, 3.8) is 0 Å². The molecule has 1 heterocycles. The molecule has 1 aromatic heterocycles. The fourth-order valence-electron chi connectivity index (χ4n) is 1.11. The van der Waals surface area contributed by atoms with Gasteiger partial charge in [0, 0.05) is 18.1 Å². The molecule has 2 rings (SSSR count). The fraction of sp³-hybridized carbons (Fsp3) is 0. The van der Waals surface area contributed by atoms with Crippen molar-refractivity contribution in [2.75, 3.05) is 5.73 Å². The summed E-state index contributed by atoms with van der Waals surface area (Å²) in [4.78, 5) is 7.30. The van der Waals surface area contributed by atoms with Crippen LogP contribution in [0.2, 0.25) is 0 Å². The number of imidazole rings is 1. The lowest BCUT2D eigenvalue weighted by Crippen LogP contribution is -1.99. The van der Waals surface area contributed by atoms with E-state index in [1.807, 2.05) is 0 Å². The number of nitrogens with one attached hydrogen (secondary N) is 1. The number of rotatable bonds is 2. The van der Waals surface area contributed by atoms with Crippen LogP contribution in [0.4, 0.5) is 5.69 Å². The van der Waals surface area contributed by atoms with Gasteiger partial charge in [0.15, 0.2) is 0 Å². The first-order chi connectivity index (χ1) is 6.79. The Morgan fingerprint density at radius 3 is 2.79 bits per heavy atom. The molecule has 0 bridgehead atoms. The number of aromatic amines is 1. The van der Waals surface area contributed by atoms with Crippen LogP contribution < -0.4 is 5.73 Å². The summed E-state index contributed by atoms with van der Waals surface area (Å²) in [6.45, 7) is 0. The number of hydrogen-bond donors (Lipinski definition) is 2. The van der Waals surface area contributed by atoms with E-state index in [-0.39, 0.29) is 0 Å². The van der Waals surface area contributed by atoms with Gasteiger partial charge in [-0.15, -0.1) is 0 Å². The molecule has 0 aliphatic rings. The number of para-hydroxylation sites is 1. The van der Waals surface area contributed by atoms with Crippen LogP contribution in [0, 0.1) is 0 Å². The molecule has 2 aromatic rings. The molecular weight excluding hydrogens is 198 g/mol. The van der Waals surface area contributed by atoms with E-state index in [0.717, 1.165) is 0 Å². The Morgan fingerprint density at radius 2 is 2.14 bits per heavy atom. The first-order valence-corrected chi connectivity index (χ1v) is 5.19. The minimum absolute atomic E-state index is 0.419. The average Bonchev–Trinajstić information content (AvgIpc) is 2.70. The summed E-state index contributed by atoms with van der Waals surface area (Å²) in [6.07, 6.45) is 3.19. The highest BCUT2D eigenvalue weighted by atomic mass is 32.2. The molecule has 1 atom stereocenters. The fourth-order valence-corrected chi connectivity index (χ4v) is 2.13. The predicted octanol–water partition coefficient (Wildman–Crippen LogP) is 1.16. The van der Waals surface area contributed by atoms with Crippen molar-refractivity contribution in [3.05, 3.63) is 36.7 Å². The maximum absolute atomic E-state index is 11.9. The smallest absolute Gasteiger partial charge is 0.201 e. The highest BCUT2D eigenvalue weighted by Crippen LogP contribution is 2.18. The lowest BCUT2D eigenvalue weighted by atomic mass is 10.3. The summed E-state index contributed by atoms with van der Waals surface area (Å²) < 4.78 is 11.9. The number of benzene rings is 1. The van der Waals surface area contributed by atoms with Gasteiger partial charge in [0.25, 0.3) is 0 Å². The van der Waals surface area contributed by atoms with Gasteiger partial charge in [-0.1, -0.05) is 12.1 Å². The van der Waals surface area contributed by atoms with Crippen molar-refractivity contribution in [1.82, 2.24) is 9.97 Å². The number of nitrogens with zero attached hydrogens (tertiary/aromatic N) is 1. The molecular formula is C9H9N3OS. The predicted molar refractivity (Wildman–Crippen MR) is 54.1 cm³/mol. The van der Waals surface area contributed by atoms with Crippen molar-refractivity contribution in [2.24, 2.45) is 0 Å². The summed E-state index contributed by atoms with van der Waals surface area (Å²) in [7, 11) is -1.32. The monoisotopic (exact) mass is 207 g/mol. The van der Waals surface area contributed by atoms with Crippen LogP contribution >= 0.6 is 0 Å². The van der Waals surface area contributed by atoms with Crippen LogP contribution in [-0.4, -0.2) is 14.2 Å². The first kappa shape index (κ1) is 8.96. The van der Waals surface area contributed by atoms with Gasteiger partial charge in [0.2, 0.25) is 5.16 Å². The van der Waals surface area contributed by atoms with Crippen LogP contribution in [-0.2, 0) is 10.8 Å². The third kappa shape index (κ3) is 1.54. The zero-order chi connectivity index (χ0) is 9.97. The molecule has 0 aliphatic heterocycles. The van der Waals surface area contributed by atoms with Crippen molar-refractivity contribution in [2.45, 2.75) is 10.1 Å². The van der Waals surface area contributed by atoms with E-state index in [4.69, 9.17) is 5.73 Å². The summed E-state index contributed by atoms with van der Waals surface area (Å²) in [6, 6.07) is 7.05. The van der Waals surface area contributed by atoms with Gasteiger partial charge in [-0.05, 0) is 12.1 Å². The van der Waals surface area contributed by atoms with Crippen molar-refractivity contribution < 1.29 is 4.21 Å². The molecule has 0 aliphatic carbocycles. The maximum atomic E-state index is 11.9. The van der Waals surface area contributed by atoms with Crippen LogP contribution in [0.5, 0.6) is 0 Å². The SMILES string of the molecule is Nc1ccccc1S(=O)c1ncc[nH]1. The maximum Gasteiger partial charge on any atom is 0.201 e. The number of H-pyrrole nitrogens is 1. The Bertz CT molecular complexity index is 453. The molecule has 0 radical (unpaired) electrons. The molecule has 4 nitrogen and oxygen atoms in total. The molecule has 0 spiro atoms. The highest BCUT2D eigenvalue weighted by Gasteiger charge is 2.11. The van der Waals surface area contributed by atoms with E-state index >= 15 is 0 Å². The number of nitrogen functional groups attached to an aromatic ring is 1. The second kappa shape index (κ2) is 3.63. The molecule has 0 fully saturated rings. The zero-order valence-corrected chi connectivity index (χ0v) is 8.12. The molecule has 0 amide bonds. The molecule has 0 saturated heterocycles. The zero-order valence-electron chi connectivity index (χ0n) is 7.31. The first-order valence-electron chi connectivity index (χ1n) is 4.04. The Labute approximate surface area is 83.6 Å². The summed E-state index contributed by atoms with van der Waals surface area (Å²) in [5.41, 5.74) is 6.21. The van der Waals surface area contributed by atoms with Gasteiger partial charge in [-0.2, -0.15) is 0 Å². The van der Waals surface area contributed by atoms with E-state index in [9.17, 15) is 4.21 Å². The summed E-state index contributed by atoms with van der Waals surface area (Å²) in [5.74, 6) is 0.